The van der Waals surface area contributed by atoms with Crippen LogP contribution in [0.25, 0.3) is 0 Å². The van der Waals surface area contributed by atoms with Crippen LogP contribution >= 0.6 is 27.3 Å². The molecule has 2 rings (SSSR count). The number of nitrogens with zero attached hydrogens (tertiary/aromatic N) is 1. The number of hydrogen-bond acceptors (Lipinski definition) is 4. The Morgan fingerprint density at radius 2 is 2.50 bits per heavy atom. The minimum Gasteiger partial charge on any atom is -0.384 e. The van der Waals surface area contributed by atoms with Gasteiger partial charge in [0.25, 0.3) is 0 Å². The van der Waals surface area contributed by atoms with Crippen LogP contribution in [0.15, 0.2) is 10.1 Å². The van der Waals surface area contributed by atoms with E-state index in [1.165, 1.54) is 24.2 Å². The molecule has 2 atom stereocenters. The second-order valence-electron chi connectivity index (χ2n) is 4.60. The van der Waals surface area contributed by atoms with Gasteiger partial charge in [-0.25, -0.2) is 4.98 Å². The molecule has 2 heterocycles. The molecule has 1 aromatic rings. The van der Waals surface area contributed by atoms with Gasteiger partial charge in [-0.2, -0.15) is 0 Å². The molecule has 5 heteroatoms. The molecule has 0 aliphatic carbocycles. The van der Waals surface area contributed by atoms with Gasteiger partial charge in [0.05, 0.1) is 10.4 Å². The molecule has 1 aliphatic rings. The molecule has 1 aromatic heterocycles. The zero-order chi connectivity index (χ0) is 11.6. The third-order valence-corrected chi connectivity index (χ3v) is 5.01. The van der Waals surface area contributed by atoms with Gasteiger partial charge in [0, 0.05) is 6.04 Å². The molecule has 0 amide bonds. The molecule has 2 unspecified atom stereocenters. The predicted molar refractivity (Wildman–Crippen MR) is 69.6 cm³/mol. The summed E-state index contributed by atoms with van der Waals surface area (Å²) in [6, 6.07) is 0.428. The molecule has 90 valence electrons. The van der Waals surface area contributed by atoms with Crippen molar-refractivity contribution in [2.45, 2.75) is 44.2 Å². The molecule has 0 aromatic carbocycles. The van der Waals surface area contributed by atoms with Crippen molar-refractivity contribution in [2.24, 2.45) is 0 Å². The average molecular weight is 305 g/mol. The van der Waals surface area contributed by atoms with E-state index >= 15 is 0 Å². The summed E-state index contributed by atoms with van der Waals surface area (Å²) in [6.07, 6.45) is 4.43. The van der Waals surface area contributed by atoms with Gasteiger partial charge in [-0.1, -0.05) is 6.42 Å². The van der Waals surface area contributed by atoms with E-state index in [1.807, 2.05) is 6.92 Å². The molecule has 1 aliphatic heterocycles. The first-order chi connectivity index (χ1) is 7.59. The first-order valence-electron chi connectivity index (χ1n) is 5.65. The van der Waals surface area contributed by atoms with Crippen LogP contribution in [0.3, 0.4) is 0 Å². The SMILES string of the molecule is CC(O)(CC1CCCCN1)c1scnc1Br. The lowest BCUT2D eigenvalue weighted by Crippen LogP contribution is -2.39. The summed E-state index contributed by atoms with van der Waals surface area (Å²) in [5, 5.41) is 14.0. The Bertz CT molecular complexity index is 348. The molecule has 1 fully saturated rings. The van der Waals surface area contributed by atoms with Crippen LogP contribution < -0.4 is 5.32 Å². The Morgan fingerprint density at radius 3 is 3.06 bits per heavy atom. The van der Waals surface area contributed by atoms with E-state index in [4.69, 9.17) is 0 Å². The highest BCUT2D eigenvalue weighted by molar-refractivity contribution is 9.10. The summed E-state index contributed by atoms with van der Waals surface area (Å²) >= 11 is 4.90. The van der Waals surface area contributed by atoms with Crippen LogP contribution in [0, 0.1) is 0 Å². The quantitative estimate of drug-likeness (QED) is 0.902. The fourth-order valence-electron chi connectivity index (χ4n) is 2.25. The molecule has 2 N–H and O–H groups in total. The number of piperidine rings is 1. The highest BCUT2D eigenvalue weighted by atomic mass is 79.9. The lowest BCUT2D eigenvalue weighted by Gasteiger charge is -2.31. The highest BCUT2D eigenvalue weighted by Gasteiger charge is 2.31. The smallest absolute Gasteiger partial charge is 0.123 e. The average Bonchev–Trinajstić information content (AvgIpc) is 2.66. The number of rotatable bonds is 3. The summed E-state index contributed by atoms with van der Waals surface area (Å²) in [5.41, 5.74) is 0.983. The van der Waals surface area contributed by atoms with Crippen molar-refractivity contribution >= 4 is 27.3 Å². The molecule has 0 bridgehead atoms. The number of nitrogens with one attached hydrogen (secondary N) is 1. The first kappa shape index (κ1) is 12.5. The molecule has 0 spiro atoms. The van der Waals surface area contributed by atoms with Gasteiger partial charge in [-0.05, 0) is 48.7 Å². The fraction of sp³-hybridized carbons (Fsp3) is 0.727. The minimum atomic E-state index is -0.783. The van der Waals surface area contributed by atoms with E-state index in [1.54, 1.807) is 5.51 Å². The highest BCUT2D eigenvalue weighted by Crippen LogP contribution is 2.35. The molecule has 16 heavy (non-hydrogen) atoms. The van der Waals surface area contributed by atoms with Crippen LogP contribution in [0.1, 0.15) is 37.5 Å². The van der Waals surface area contributed by atoms with Crippen molar-refractivity contribution in [3.8, 4) is 0 Å². The largest absolute Gasteiger partial charge is 0.384 e. The number of thiazole rings is 1. The third-order valence-electron chi connectivity index (χ3n) is 3.07. The predicted octanol–water partition coefficient (Wildman–Crippen LogP) is 2.65. The molecular formula is C11H17BrN2OS. The summed E-state index contributed by atoms with van der Waals surface area (Å²) in [4.78, 5) is 5.06. The van der Waals surface area contributed by atoms with E-state index in [2.05, 4.69) is 26.2 Å². The lowest BCUT2D eigenvalue weighted by atomic mass is 9.91. The zero-order valence-electron chi connectivity index (χ0n) is 9.37. The van der Waals surface area contributed by atoms with Crippen LogP contribution in [-0.2, 0) is 5.60 Å². The summed E-state index contributed by atoms with van der Waals surface area (Å²) in [5.74, 6) is 0. The van der Waals surface area contributed by atoms with Crippen molar-refractivity contribution < 1.29 is 5.11 Å². The van der Waals surface area contributed by atoms with Crippen molar-refractivity contribution in [1.82, 2.24) is 10.3 Å². The van der Waals surface area contributed by atoms with Gasteiger partial charge >= 0.3 is 0 Å². The van der Waals surface area contributed by atoms with Crippen LogP contribution in [-0.4, -0.2) is 22.7 Å². The standard InChI is InChI=1S/C11H17BrN2OS/c1-11(15,9-10(12)14-7-16-9)6-8-4-2-3-5-13-8/h7-8,13,15H,2-6H2,1H3. The topological polar surface area (TPSA) is 45.1 Å². The van der Waals surface area contributed by atoms with Crippen molar-refractivity contribution in [1.29, 1.82) is 0 Å². The van der Waals surface area contributed by atoms with Gasteiger partial charge in [0.15, 0.2) is 0 Å². The monoisotopic (exact) mass is 304 g/mol. The number of hydrogen-bond donors (Lipinski definition) is 2. The van der Waals surface area contributed by atoms with Gasteiger partial charge in [0.2, 0.25) is 0 Å². The Labute approximate surface area is 108 Å². The maximum atomic E-state index is 10.5. The van der Waals surface area contributed by atoms with E-state index in [0.717, 1.165) is 28.9 Å². The molecule has 0 saturated carbocycles. The van der Waals surface area contributed by atoms with E-state index in [0.29, 0.717) is 6.04 Å². The molecular weight excluding hydrogens is 288 g/mol. The van der Waals surface area contributed by atoms with Crippen molar-refractivity contribution in [3.63, 3.8) is 0 Å². The van der Waals surface area contributed by atoms with E-state index in [-0.39, 0.29) is 0 Å². The van der Waals surface area contributed by atoms with E-state index in [9.17, 15) is 5.11 Å². The zero-order valence-corrected chi connectivity index (χ0v) is 11.8. The normalized spacial score (nSPS) is 25.3. The molecule has 0 radical (unpaired) electrons. The van der Waals surface area contributed by atoms with Crippen molar-refractivity contribution in [3.05, 3.63) is 15.0 Å². The third kappa shape index (κ3) is 2.83. The number of aliphatic hydroxyl groups is 1. The van der Waals surface area contributed by atoms with Crippen LogP contribution in [0.2, 0.25) is 0 Å². The maximum Gasteiger partial charge on any atom is 0.123 e. The van der Waals surface area contributed by atoms with Gasteiger partial charge in [-0.3, -0.25) is 0 Å². The fourth-order valence-corrected chi connectivity index (χ4v) is 3.95. The van der Waals surface area contributed by atoms with Crippen LogP contribution in [0.5, 0.6) is 0 Å². The first-order valence-corrected chi connectivity index (χ1v) is 7.32. The summed E-state index contributed by atoms with van der Waals surface area (Å²) < 4.78 is 0.776. The van der Waals surface area contributed by atoms with E-state index < -0.39 is 5.60 Å². The Hall–Kier alpha value is 0.0300. The lowest BCUT2D eigenvalue weighted by molar-refractivity contribution is 0.0359. The second kappa shape index (κ2) is 5.12. The van der Waals surface area contributed by atoms with Gasteiger partial charge < -0.3 is 10.4 Å². The molecule has 1 saturated heterocycles. The second-order valence-corrected chi connectivity index (χ2v) is 6.20. The van der Waals surface area contributed by atoms with Crippen LogP contribution in [0.4, 0.5) is 0 Å². The molecule has 3 nitrogen and oxygen atoms in total. The van der Waals surface area contributed by atoms with Crippen molar-refractivity contribution in [2.75, 3.05) is 6.54 Å². The minimum absolute atomic E-state index is 0.428. The van der Waals surface area contributed by atoms with Gasteiger partial charge in [-0.15, -0.1) is 11.3 Å². The maximum absolute atomic E-state index is 10.5. The number of halogens is 1. The summed E-state index contributed by atoms with van der Waals surface area (Å²) in [6.45, 7) is 2.95. The number of aromatic nitrogens is 1. The van der Waals surface area contributed by atoms with Gasteiger partial charge in [0.1, 0.15) is 10.2 Å². The Balaban J connectivity index is 2.04. The Morgan fingerprint density at radius 1 is 1.69 bits per heavy atom. The Kier molecular flexibility index (Phi) is 4.00. The summed E-state index contributed by atoms with van der Waals surface area (Å²) in [7, 11) is 0.